The molecule has 116 valence electrons. The Morgan fingerprint density at radius 2 is 2.13 bits per heavy atom. The van der Waals surface area contributed by atoms with Crippen LogP contribution in [0.5, 0.6) is 0 Å². The summed E-state index contributed by atoms with van der Waals surface area (Å²) >= 11 is 0. The van der Waals surface area contributed by atoms with E-state index >= 15 is 0 Å². The first-order valence-corrected chi connectivity index (χ1v) is 6.77. The van der Waals surface area contributed by atoms with Crippen molar-refractivity contribution in [2.45, 2.75) is 6.54 Å². The Hall–Kier alpha value is -3.22. The lowest BCUT2D eigenvalue weighted by atomic mass is 10.3. The lowest BCUT2D eigenvalue weighted by molar-refractivity contribution is -0.116. The molecule has 1 aromatic carbocycles. The summed E-state index contributed by atoms with van der Waals surface area (Å²) in [6.07, 6.45) is 2.75. The minimum absolute atomic E-state index is 0.221. The van der Waals surface area contributed by atoms with Crippen LogP contribution in [0.1, 0.15) is 0 Å². The molecule has 0 spiro atoms. The van der Waals surface area contributed by atoms with E-state index in [-0.39, 0.29) is 12.1 Å². The summed E-state index contributed by atoms with van der Waals surface area (Å²) < 4.78 is 19.4. The first-order chi connectivity index (χ1) is 11.1. The summed E-state index contributed by atoms with van der Waals surface area (Å²) in [5.41, 5.74) is 0.325. The average Bonchev–Trinajstić information content (AvgIpc) is 3.03. The van der Waals surface area contributed by atoms with E-state index in [4.69, 9.17) is 4.42 Å². The molecule has 0 radical (unpaired) electrons. The van der Waals surface area contributed by atoms with Crippen molar-refractivity contribution in [3.05, 3.63) is 71.2 Å². The Balaban J connectivity index is 1.73. The van der Waals surface area contributed by atoms with E-state index in [1.807, 2.05) is 0 Å². The highest BCUT2D eigenvalue weighted by Gasteiger charge is 2.09. The van der Waals surface area contributed by atoms with Gasteiger partial charge < -0.3 is 9.73 Å². The van der Waals surface area contributed by atoms with Gasteiger partial charge in [-0.2, -0.15) is 0 Å². The summed E-state index contributed by atoms with van der Waals surface area (Å²) in [7, 11) is 0. The lowest BCUT2D eigenvalue weighted by Gasteiger charge is -2.07. The molecule has 23 heavy (non-hydrogen) atoms. The average molecular weight is 313 g/mol. The molecule has 0 aliphatic heterocycles. The first-order valence-electron chi connectivity index (χ1n) is 6.77. The fourth-order valence-corrected chi connectivity index (χ4v) is 2.03. The summed E-state index contributed by atoms with van der Waals surface area (Å²) in [4.78, 5) is 28.0. The summed E-state index contributed by atoms with van der Waals surface area (Å²) in [6, 6.07) is 10.2. The number of aromatic nitrogens is 2. The van der Waals surface area contributed by atoms with Gasteiger partial charge in [-0.1, -0.05) is 6.07 Å². The molecule has 2 heterocycles. The maximum absolute atomic E-state index is 13.1. The van der Waals surface area contributed by atoms with Crippen LogP contribution in [0.3, 0.4) is 0 Å². The summed E-state index contributed by atoms with van der Waals surface area (Å²) in [5, 5.41) is 2.52. The second-order valence-electron chi connectivity index (χ2n) is 4.78. The molecule has 0 unspecified atom stereocenters. The van der Waals surface area contributed by atoms with Crippen LogP contribution in [0.15, 0.2) is 64.3 Å². The van der Waals surface area contributed by atoms with Crippen molar-refractivity contribution in [1.29, 1.82) is 0 Å². The van der Waals surface area contributed by atoms with Crippen LogP contribution in [-0.4, -0.2) is 15.5 Å². The van der Waals surface area contributed by atoms with Gasteiger partial charge in [0.2, 0.25) is 5.91 Å². The third-order valence-corrected chi connectivity index (χ3v) is 3.08. The standard InChI is InChI=1S/C16H12FN3O3/c17-11-3-1-4-12(7-11)19-15(21)9-20-10-18-13(8-16(20)22)14-5-2-6-23-14/h1-8,10H,9H2,(H,19,21). The molecule has 1 N–H and O–H groups in total. The van der Waals surface area contributed by atoms with Crippen LogP contribution < -0.4 is 10.9 Å². The molecule has 3 aromatic rings. The normalized spacial score (nSPS) is 10.5. The van der Waals surface area contributed by atoms with Crippen molar-refractivity contribution in [3.8, 4) is 11.5 Å². The number of hydrogen-bond acceptors (Lipinski definition) is 4. The highest BCUT2D eigenvalue weighted by atomic mass is 19.1. The van der Waals surface area contributed by atoms with E-state index in [1.54, 1.807) is 18.2 Å². The molecule has 1 amide bonds. The number of furan rings is 1. The first kappa shape index (κ1) is 14.7. The van der Waals surface area contributed by atoms with Gasteiger partial charge in [-0.05, 0) is 30.3 Å². The number of carbonyl (C=O) groups is 1. The van der Waals surface area contributed by atoms with Gasteiger partial charge in [0.15, 0.2) is 5.76 Å². The van der Waals surface area contributed by atoms with Crippen molar-refractivity contribution in [2.75, 3.05) is 5.32 Å². The van der Waals surface area contributed by atoms with E-state index in [0.717, 1.165) is 4.57 Å². The van der Waals surface area contributed by atoms with Crippen LogP contribution in [0.2, 0.25) is 0 Å². The van der Waals surface area contributed by atoms with Crippen LogP contribution >= 0.6 is 0 Å². The van der Waals surface area contributed by atoms with Crippen molar-refractivity contribution in [2.24, 2.45) is 0 Å². The Bertz CT molecular complexity index is 888. The van der Waals surface area contributed by atoms with Crippen molar-refractivity contribution in [1.82, 2.24) is 9.55 Å². The SMILES string of the molecule is O=C(Cn1cnc(-c2ccco2)cc1=O)Nc1cccc(F)c1. The maximum Gasteiger partial charge on any atom is 0.254 e. The number of benzene rings is 1. The zero-order valence-corrected chi connectivity index (χ0v) is 11.9. The predicted molar refractivity (Wildman–Crippen MR) is 81.2 cm³/mol. The minimum Gasteiger partial charge on any atom is -0.463 e. The minimum atomic E-state index is -0.454. The predicted octanol–water partition coefficient (Wildman–Crippen LogP) is 2.28. The molecule has 0 saturated carbocycles. The number of nitrogens with zero attached hydrogens (tertiary/aromatic N) is 2. The lowest BCUT2D eigenvalue weighted by Crippen LogP contribution is -2.27. The van der Waals surface area contributed by atoms with Gasteiger partial charge in [0.1, 0.15) is 18.1 Å². The van der Waals surface area contributed by atoms with Crippen molar-refractivity contribution >= 4 is 11.6 Å². The van der Waals surface area contributed by atoms with Gasteiger partial charge in [-0.25, -0.2) is 9.37 Å². The van der Waals surface area contributed by atoms with Gasteiger partial charge in [0, 0.05) is 11.8 Å². The molecule has 0 fully saturated rings. The smallest absolute Gasteiger partial charge is 0.254 e. The summed E-state index contributed by atoms with van der Waals surface area (Å²) in [6.45, 7) is -0.221. The Morgan fingerprint density at radius 1 is 1.26 bits per heavy atom. The third-order valence-electron chi connectivity index (χ3n) is 3.08. The Labute approximate surface area is 130 Å². The zero-order valence-electron chi connectivity index (χ0n) is 11.9. The van der Waals surface area contributed by atoms with Crippen molar-refractivity contribution in [3.63, 3.8) is 0 Å². The van der Waals surface area contributed by atoms with Crippen LogP contribution in [-0.2, 0) is 11.3 Å². The van der Waals surface area contributed by atoms with Gasteiger partial charge in [-0.15, -0.1) is 0 Å². The molecule has 7 heteroatoms. The number of amides is 1. The Kier molecular flexibility index (Phi) is 4.01. The second-order valence-corrected chi connectivity index (χ2v) is 4.78. The Morgan fingerprint density at radius 3 is 2.83 bits per heavy atom. The maximum atomic E-state index is 13.1. The van der Waals surface area contributed by atoms with E-state index in [1.165, 1.54) is 36.9 Å². The number of halogens is 1. The highest BCUT2D eigenvalue weighted by Crippen LogP contribution is 2.14. The molecule has 6 nitrogen and oxygen atoms in total. The molecule has 0 aliphatic carbocycles. The molecule has 3 rings (SSSR count). The number of carbonyl (C=O) groups excluding carboxylic acids is 1. The van der Waals surface area contributed by atoms with Crippen molar-refractivity contribution < 1.29 is 13.6 Å². The molecular formula is C16H12FN3O3. The molecule has 2 aromatic heterocycles. The summed E-state index contributed by atoms with van der Waals surface area (Å²) in [5.74, 6) is -0.437. The number of anilines is 1. The largest absolute Gasteiger partial charge is 0.463 e. The van der Waals surface area contributed by atoms with Gasteiger partial charge in [0.05, 0.1) is 12.6 Å². The number of hydrogen-bond donors (Lipinski definition) is 1. The fraction of sp³-hybridized carbons (Fsp3) is 0.0625. The van der Waals surface area contributed by atoms with Crippen LogP contribution in [0, 0.1) is 5.82 Å². The quantitative estimate of drug-likeness (QED) is 0.801. The van der Waals surface area contributed by atoms with Gasteiger partial charge in [-0.3, -0.25) is 14.2 Å². The van der Waals surface area contributed by atoms with E-state index in [0.29, 0.717) is 17.1 Å². The second kappa shape index (κ2) is 6.27. The fourth-order valence-electron chi connectivity index (χ4n) is 2.03. The van der Waals surface area contributed by atoms with Gasteiger partial charge in [0.25, 0.3) is 5.56 Å². The molecule has 0 aliphatic rings. The molecular weight excluding hydrogens is 301 g/mol. The molecule has 0 saturated heterocycles. The monoisotopic (exact) mass is 313 g/mol. The molecule has 0 bridgehead atoms. The van der Waals surface area contributed by atoms with E-state index in [9.17, 15) is 14.0 Å². The van der Waals surface area contributed by atoms with Gasteiger partial charge >= 0.3 is 0 Å². The van der Waals surface area contributed by atoms with Crippen LogP contribution in [0.25, 0.3) is 11.5 Å². The topological polar surface area (TPSA) is 77.1 Å². The van der Waals surface area contributed by atoms with Crippen LogP contribution in [0.4, 0.5) is 10.1 Å². The van der Waals surface area contributed by atoms with E-state index < -0.39 is 11.7 Å². The third kappa shape index (κ3) is 3.52. The van der Waals surface area contributed by atoms with E-state index in [2.05, 4.69) is 10.3 Å². The highest BCUT2D eigenvalue weighted by molar-refractivity contribution is 5.90. The number of rotatable bonds is 4. The number of nitrogens with one attached hydrogen (secondary N) is 1. The zero-order chi connectivity index (χ0) is 16.2. The molecule has 0 atom stereocenters.